The number of benzene rings is 1. The predicted molar refractivity (Wildman–Crippen MR) is 345 cm³/mol. The van der Waals surface area contributed by atoms with Gasteiger partial charge in [0.05, 0.1) is 24.3 Å². The van der Waals surface area contributed by atoms with Crippen LogP contribution in [0, 0.1) is 75.1 Å². The average Bonchev–Trinajstić information content (AvgIpc) is 1.53. The third-order valence-corrected chi connectivity index (χ3v) is 21.7. The van der Waals surface area contributed by atoms with E-state index in [1.165, 1.54) is 6.92 Å². The molecule has 525 valence electrons. The molecule has 5 amide bonds. The number of aliphatic imine (C=N–C) groups is 3. The number of phosphoric ester groups is 1. The topological polar surface area (TPSA) is 470 Å². The van der Waals surface area contributed by atoms with Gasteiger partial charge in [0.2, 0.25) is 42.1 Å². The van der Waals surface area contributed by atoms with Crippen molar-refractivity contribution in [1.29, 1.82) is 10.8 Å². The summed E-state index contributed by atoms with van der Waals surface area (Å²) in [6.07, 6.45) is -4.58. The van der Waals surface area contributed by atoms with E-state index in [4.69, 9.17) is 62.5 Å². The van der Waals surface area contributed by atoms with Crippen molar-refractivity contribution in [3.8, 4) is 0 Å². The maximum Gasteiger partial charge on any atom is 2.00 e. The number of fused-ring (bicyclic) bond motifs is 7. The van der Waals surface area contributed by atoms with Crippen LogP contribution in [0.1, 0.15) is 150 Å². The van der Waals surface area contributed by atoms with E-state index in [0.717, 1.165) is 16.6 Å². The molecule has 1 radical (unpaired) electrons. The molecule has 8 rings (SSSR count). The van der Waals surface area contributed by atoms with E-state index in [9.17, 15) is 58.2 Å². The smallest absolute Gasteiger partial charge is 0.862 e. The van der Waals surface area contributed by atoms with Crippen LogP contribution in [-0.4, -0.2) is 128 Å². The zero-order valence-corrected chi connectivity index (χ0v) is 58.6. The molecule has 2 saturated heterocycles. The zero-order chi connectivity index (χ0) is 70.3. The summed E-state index contributed by atoms with van der Waals surface area (Å²) in [6.45, 7) is 19.1. The first-order valence-corrected chi connectivity index (χ1v) is 33.4. The van der Waals surface area contributed by atoms with Gasteiger partial charge in [-0.15, -0.1) is 0 Å². The van der Waals surface area contributed by atoms with Gasteiger partial charge in [-0.05, 0) is 132 Å². The van der Waals surface area contributed by atoms with Crippen molar-refractivity contribution in [2.45, 2.75) is 189 Å². The summed E-state index contributed by atoms with van der Waals surface area (Å²) in [5.74, 6) is -7.87. The number of nitrogens with zero attached hydrogens (tertiary/aromatic N) is 4. The number of aryl methyl sites for hydroxylation is 2. The van der Waals surface area contributed by atoms with Gasteiger partial charge in [0.25, 0.3) is 0 Å². The number of ether oxygens (including phenoxy) is 1. The van der Waals surface area contributed by atoms with Crippen molar-refractivity contribution in [2.24, 2.45) is 83.2 Å². The van der Waals surface area contributed by atoms with E-state index in [1.54, 1.807) is 17.8 Å². The van der Waals surface area contributed by atoms with Crippen LogP contribution < -0.4 is 48.3 Å². The molecule has 1 aromatic heterocycles. The van der Waals surface area contributed by atoms with Crippen LogP contribution in [0.4, 0.5) is 4.39 Å². The predicted octanol–water partition coefficient (Wildman–Crippen LogP) is 4.16. The van der Waals surface area contributed by atoms with Gasteiger partial charge in [0.1, 0.15) is 18.3 Å². The fraction of sp³-hybridized carbons (Fsp3) is 0.619. The number of aromatic nitrogens is 2. The van der Waals surface area contributed by atoms with E-state index in [2.05, 4.69) is 38.8 Å². The van der Waals surface area contributed by atoms with Crippen molar-refractivity contribution >= 4 is 101 Å². The van der Waals surface area contributed by atoms with Crippen molar-refractivity contribution in [3.05, 3.63) is 69.0 Å². The second-order valence-electron chi connectivity index (χ2n) is 27.3. The molecule has 16 N–H and O–H groups in total. The van der Waals surface area contributed by atoms with E-state index >= 15 is 0 Å². The number of hydrogen-bond acceptors (Lipinski definition) is 19. The van der Waals surface area contributed by atoms with Gasteiger partial charge in [-0.2, -0.15) is 4.57 Å². The standard InChI is InChI=1S/C62H90N13O14P.CCl2F.Co/c1-29-20-39-40(21-30(29)2)75(28-70-39)57-52(84)53(41(27-76)87-57)89-90(85,86)88-31(3)26-69-49(83)18-19-59(8)37(22-46(66)80)56-62(11)61(10,25-48(68)82)36(14-17-45(65)79)51(74-62)33(5)55-60(9,24-47(67)81)34(12-15-43(63)77)38(71-55)23-42-58(6,7)35(13-16-44(64)78)50(72-42)32(4)54(59)73-56;2-1(3)4;/h20-21,23,28,31,34-37,41,52-53,56-57,76,84H,12-19,22,24-27H2,1-11H3,(H15,63,64,65,66,67,68,69,71,72,73,74,77,78,79,80,81,82,83,85,86);;/q;-1;+2/p-1. The molecule has 6 aliphatic rings. The average molecular weight is 1430 g/mol. The number of aromatic amines is 1. The number of aliphatic hydroxyl groups excluding tert-OH is 2. The van der Waals surface area contributed by atoms with Crippen LogP contribution in [0.3, 0.4) is 0 Å². The molecule has 8 bridgehead atoms. The Morgan fingerprint density at radius 1 is 0.884 bits per heavy atom. The SMILES string of the molecule is C/C1=C2N=C(/C=C3\N/C(=C(/C)C4=NC(C)(C5N=C1C(C)(CCC(=O)NCC(C)OP(=O)(O)OC1C(CO)OC([n+]6c[nH]c7cc(C)c(C)cc76)C1O)C5CC(N)=O)C(C)(CC(N)=O)C4CCC(N)=O)C(C)(CC(N)=O)C3CCC(=N)[O-])C(C)(C)C/2CCC(=N)[O-].F[C-](Cl)Cl.[Co+2]. The minimum absolute atomic E-state index is 0. The van der Waals surface area contributed by atoms with Gasteiger partial charge in [0, 0.05) is 123 Å². The number of hydrogen-bond donors (Lipinski definition) is 12. The Hall–Kier alpha value is -5.98. The first-order valence-electron chi connectivity index (χ1n) is 31.1. The number of H-pyrrole nitrogens is 1. The minimum atomic E-state index is -5.07. The molecule has 27 nitrogen and oxygen atoms in total. The molecule has 7 heterocycles. The largest absolute Gasteiger partial charge is 2.00 e. The number of rotatable bonds is 26. The molecule has 0 spiro atoms. The number of aliphatic hydroxyl groups is 2. The van der Waals surface area contributed by atoms with E-state index in [0.29, 0.717) is 50.9 Å². The van der Waals surface area contributed by atoms with E-state index in [1.807, 2.05) is 80.5 Å². The summed E-state index contributed by atoms with van der Waals surface area (Å²) in [6, 6.07) is 2.76. The van der Waals surface area contributed by atoms with Gasteiger partial charge in [0.15, 0.2) is 11.0 Å². The van der Waals surface area contributed by atoms with Gasteiger partial charge in [-0.25, -0.2) is 9.55 Å². The maximum absolute atomic E-state index is 14.4. The number of carbonyl (C=O) groups is 5. The van der Waals surface area contributed by atoms with Crippen molar-refractivity contribution in [1.82, 2.24) is 15.6 Å². The van der Waals surface area contributed by atoms with E-state index < -0.39 is 148 Å². The Kier molecular flexibility index (Phi) is 24.6. The molecule has 6 aliphatic heterocycles. The first kappa shape index (κ1) is 78.0. The summed E-state index contributed by atoms with van der Waals surface area (Å²) in [7, 11) is -5.07. The number of amides is 5. The normalized spacial score (nSPS) is 32.8. The van der Waals surface area contributed by atoms with Gasteiger partial charge in [-0.3, -0.25) is 71.2 Å². The van der Waals surface area contributed by atoms with Crippen molar-refractivity contribution in [3.63, 3.8) is 0 Å². The Balaban J connectivity index is 0.00000278. The molecule has 15 atom stereocenters. The van der Waals surface area contributed by atoms with Crippen LogP contribution in [0.25, 0.3) is 11.0 Å². The van der Waals surface area contributed by atoms with E-state index in [-0.39, 0.29) is 94.0 Å². The van der Waals surface area contributed by atoms with Gasteiger partial charge >= 0.3 is 24.6 Å². The van der Waals surface area contributed by atoms with Crippen LogP contribution in [0.2, 0.25) is 0 Å². The second-order valence-corrected chi connectivity index (χ2v) is 29.5. The van der Waals surface area contributed by atoms with Crippen molar-refractivity contribution < 1.29 is 93.4 Å². The second kappa shape index (κ2) is 30.0. The number of halogens is 3. The molecule has 95 heavy (non-hydrogen) atoms. The van der Waals surface area contributed by atoms with Crippen LogP contribution >= 0.6 is 31.0 Å². The van der Waals surface area contributed by atoms with Crippen LogP contribution in [0.15, 0.2) is 67.8 Å². The maximum atomic E-state index is 14.4. The third kappa shape index (κ3) is 16.1. The van der Waals surface area contributed by atoms with Crippen LogP contribution in [0.5, 0.6) is 0 Å². The number of nitrogens with one attached hydrogen (secondary N) is 5. The molecule has 0 saturated carbocycles. The fourth-order valence-electron chi connectivity index (χ4n) is 15.5. The molecule has 15 unspecified atom stereocenters. The zero-order valence-electron chi connectivity index (χ0n) is 55.1. The van der Waals surface area contributed by atoms with Gasteiger partial charge in [-0.1, -0.05) is 34.6 Å². The number of carbonyl (C=O) groups excluding carboxylic acids is 5. The number of imidazole rings is 1. The number of primary amides is 4. The van der Waals surface area contributed by atoms with Crippen LogP contribution in [-0.2, 0) is 59.1 Å². The fourth-order valence-corrected chi connectivity index (χ4v) is 16.6. The van der Waals surface area contributed by atoms with Gasteiger partial charge < -0.3 is 78.8 Å². The molecule has 32 heteroatoms. The monoisotopic (exact) mass is 1430 g/mol. The Labute approximate surface area is 571 Å². The summed E-state index contributed by atoms with van der Waals surface area (Å²) in [5.41, 5.74) is 25.5. The Morgan fingerprint density at radius 3 is 2.04 bits per heavy atom. The number of allylic oxidation sites excluding steroid dienone is 6. The third-order valence-electron chi connectivity index (χ3n) is 20.6. The Morgan fingerprint density at radius 2 is 1.47 bits per heavy atom. The molecular weight excluding hydrogens is 1340 g/mol. The quantitative estimate of drug-likeness (QED) is 0.0207. The Bertz CT molecular complexity index is 3620. The first-order chi connectivity index (χ1) is 43.6. The summed E-state index contributed by atoms with van der Waals surface area (Å²) < 4.78 is 42.8. The number of phosphoric acid groups is 1. The summed E-state index contributed by atoms with van der Waals surface area (Å²) in [5, 5.41) is 68.2. The molecule has 2 aromatic rings. The molecule has 1 aromatic carbocycles. The summed E-state index contributed by atoms with van der Waals surface area (Å²) >= 11 is 8.58. The number of nitrogens with two attached hydrogens (primary N) is 4. The van der Waals surface area contributed by atoms with Crippen molar-refractivity contribution in [2.75, 3.05) is 13.2 Å². The summed E-state index contributed by atoms with van der Waals surface area (Å²) in [4.78, 5) is 99.0. The molecule has 0 aliphatic carbocycles. The molecule has 2 fully saturated rings. The minimum Gasteiger partial charge on any atom is -0.862 e. The molecular formula is C63H89Cl2CoFN13O14P.